The number of hydrogen-bond donors (Lipinski definition) is 1. The zero-order valence-electron chi connectivity index (χ0n) is 19.0. The van der Waals surface area contributed by atoms with E-state index in [2.05, 4.69) is 15.5 Å². The Hall–Kier alpha value is -3.84. The van der Waals surface area contributed by atoms with Crippen LogP contribution < -0.4 is 19.6 Å². The first-order chi connectivity index (χ1) is 16.7. The summed E-state index contributed by atoms with van der Waals surface area (Å²) in [7, 11) is 0. The smallest absolute Gasteiger partial charge is 0.203 e. The van der Waals surface area contributed by atoms with Crippen LogP contribution in [0.1, 0.15) is 23.2 Å². The van der Waals surface area contributed by atoms with Gasteiger partial charge in [0.15, 0.2) is 0 Å². The maximum Gasteiger partial charge on any atom is 0.203 e. The fourth-order valence-corrected chi connectivity index (χ4v) is 3.67. The first-order valence-corrected chi connectivity index (χ1v) is 12.0. The number of aromatic nitrogens is 1. The number of rotatable bonds is 12. The third-order valence-corrected chi connectivity index (χ3v) is 5.64. The molecule has 0 fully saturated rings. The zero-order valence-corrected chi connectivity index (χ0v) is 19.8. The molecule has 0 spiro atoms. The molecule has 4 aromatic rings. The standard InChI is InChI=1S/C27H27N3O3S/c1-21-20-34-27(29-21)30-28-18-22-8-10-24(11-9-22)31-16-5-17-32-25-12-14-26(15-13-25)33-19-23-6-3-2-4-7-23/h2-4,6-15,18,20H,5,16-17,19H2,1H3,(H,29,30). The molecule has 0 radical (unpaired) electrons. The summed E-state index contributed by atoms with van der Waals surface area (Å²) in [5.74, 6) is 2.46. The molecule has 1 N–H and O–H groups in total. The van der Waals surface area contributed by atoms with E-state index in [1.165, 1.54) is 11.3 Å². The largest absolute Gasteiger partial charge is 0.493 e. The SMILES string of the molecule is Cc1csc(NN=Cc2ccc(OCCCOc3ccc(OCc4ccccc4)cc3)cc2)n1. The number of hydrogen-bond acceptors (Lipinski definition) is 7. The van der Waals surface area contributed by atoms with Gasteiger partial charge in [-0.2, -0.15) is 5.10 Å². The highest BCUT2D eigenvalue weighted by Gasteiger charge is 2.00. The quantitative estimate of drug-likeness (QED) is 0.148. The van der Waals surface area contributed by atoms with E-state index >= 15 is 0 Å². The summed E-state index contributed by atoms with van der Waals surface area (Å²) in [6.45, 7) is 3.67. The van der Waals surface area contributed by atoms with E-state index in [4.69, 9.17) is 14.2 Å². The normalized spacial score (nSPS) is 10.9. The Kier molecular flexibility index (Phi) is 8.52. The Morgan fingerprint density at radius 2 is 1.44 bits per heavy atom. The Morgan fingerprint density at radius 3 is 2.06 bits per heavy atom. The van der Waals surface area contributed by atoms with Gasteiger partial charge in [-0.15, -0.1) is 11.3 Å². The molecular weight excluding hydrogens is 446 g/mol. The second-order valence-corrected chi connectivity index (χ2v) is 8.39. The van der Waals surface area contributed by atoms with Crippen LogP contribution in [-0.4, -0.2) is 24.4 Å². The molecule has 4 rings (SSSR count). The third kappa shape index (κ3) is 7.64. The minimum atomic E-state index is 0.551. The van der Waals surface area contributed by atoms with Gasteiger partial charge < -0.3 is 14.2 Å². The molecule has 0 amide bonds. The third-order valence-electron chi connectivity index (χ3n) is 4.77. The Labute approximate surface area is 203 Å². The number of benzene rings is 3. The molecule has 3 aromatic carbocycles. The van der Waals surface area contributed by atoms with Crippen molar-refractivity contribution in [3.8, 4) is 17.2 Å². The predicted molar refractivity (Wildman–Crippen MR) is 137 cm³/mol. The van der Waals surface area contributed by atoms with Gasteiger partial charge in [0.2, 0.25) is 5.13 Å². The zero-order chi connectivity index (χ0) is 23.4. The van der Waals surface area contributed by atoms with Crippen LogP contribution in [0.3, 0.4) is 0 Å². The number of aryl methyl sites for hydroxylation is 1. The van der Waals surface area contributed by atoms with Gasteiger partial charge in [-0.25, -0.2) is 4.98 Å². The summed E-state index contributed by atoms with van der Waals surface area (Å²) in [6.07, 6.45) is 2.54. The second kappa shape index (κ2) is 12.4. The average Bonchev–Trinajstić information content (AvgIpc) is 3.29. The molecule has 0 aliphatic heterocycles. The summed E-state index contributed by atoms with van der Waals surface area (Å²) in [4.78, 5) is 4.30. The van der Waals surface area contributed by atoms with E-state index in [1.54, 1.807) is 6.21 Å². The van der Waals surface area contributed by atoms with Crippen molar-refractivity contribution in [3.63, 3.8) is 0 Å². The topological polar surface area (TPSA) is 65.0 Å². The summed E-state index contributed by atoms with van der Waals surface area (Å²) in [5.41, 5.74) is 6.04. The number of anilines is 1. The molecule has 0 bridgehead atoms. The van der Waals surface area contributed by atoms with Gasteiger partial charge in [0.05, 0.1) is 25.1 Å². The van der Waals surface area contributed by atoms with Crippen molar-refractivity contribution < 1.29 is 14.2 Å². The van der Waals surface area contributed by atoms with Gasteiger partial charge in [-0.3, -0.25) is 5.43 Å². The van der Waals surface area contributed by atoms with Crippen molar-refractivity contribution >= 4 is 22.7 Å². The van der Waals surface area contributed by atoms with Gasteiger partial charge >= 0.3 is 0 Å². The Balaban J connectivity index is 1.11. The van der Waals surface area contributed by atoms with Gasteiger partial charge in [0, 0.05) is 11.8 Å². The number of hydrazone groups is 1. The van der Waals surface area contributed by atoms with E-state index in [9.17, 15) is 0 Å². The minimum Gasteiger partial charge on any atom is -0.493 e. The van der Waals surface area contributed by atoms with Crippen LogP contribution in [-0.2, 0) is 6.61 Å². The average molecular weight is 474 g/mol. The van der Waals surface area contributed by atoms with Crippen LogP contribution in [0.2, 0.25) is 0 Å². The van der Waals surface area contributed by atoms with Crippen LogP contribution >= 0.6 is 11.3 Å². The summed E-state index contributed by atoms with van der Waals surface area (Å²) in [6, 6.07) is 25.6. The minimum absolute atomic E-state index is 0.551. The van der Waals surface area contributed by atoms with Crippen molar-refractivity contribution in [3.05, 3.63) is 101 Å². The van der Waals surface area contributed by atoms with Crippen LogP contribution in [0.25, 0.3) is 0 Å². The molecule has 0 aliphatic carbocycles. The van der Waals surface area contributed by atoms with E-state index in [0.717, 1.165) is 45.6 Å². The monoisotopic (exact) mass is 473 g/mol. The summed E-state index contributed by atoms with van der Waals surface area (Å²) >= 11 is 1.53. The van der Waals surface area contributed by atoms with Crippen molar-refractivity contribution in [1.29, 1.82) is 0 Å². The maximum atomic E-state index is 5.80. The molecule has 0 saturated carbocycles. The molecule has 34 heavy (non-hydrogen) atoms. The lowest BCUT2D eigenvalue weighted by atomic mass is 10.2. The van der Waals surface area contributed by atoms with Gasteiger partial charge in [-0.1, -0.05) is 30.3 Å². The molecule has 1 aromatic heterocycles. The van der Waals surface area contributed by atoms with Crippen LogP contribution in [0.15, 0.2) is 89.3 Å². The molecular formula is C27H27N3O3S. The van der Waals surface area contributed by atoms with E-state index < -0.39 is 0 Å². The van der Waals surface area contributed by atoms with E-state index in [-0.39, 0.29) is 0 Å². The highest BCUT2D eigenvalue weighted by molar-refractivity contribution is 7.13. The van der Waals surface area contributed by atoms with Crippen LogP contribution in [0.5, 0.6) is 17.2 Å². The van der Waals surface area contributed by atoms with Gasteiger partial charge in [0.25, 0.3) is 0 Å². The summed E-state index contributed by atoms with van der Waals surface area (Å²) in [5, 5.41) is 6.97. The van der Waals surface area contributed by atoms with Crippen molar-refractivity contribution in [1.82, 2.24) is 4.98 Å². The molecule has 6 nitrogen and oxygen atoms in total. The fourth-order valence-electron chi connectivity index (χ4n) is 3.03. The van der Waals surface area contributed by atoms with E-state index in [0.29, 0.717) is 19.8 Å². The molecule has 7 heteroatoms. The first-order valence-electron chi connectivity index (χ1n) is 11.1. The molecule has 1 heterocycles. The Bertz CT molecular complexity index is 1160. The van der Waals surface area contributed by atoms with Crippen LogP contribution in [0, 0.1) is 6.92 Å². The highest BCUT2D eigenvalue weighted by atomic mass is 32.1. The molecule has 0 aliphatic rings. The first kappa shape index (κ1) is 23.3. The summed E-state index contributed by atoms with van der Waals surface area (Å²) < 4.78 is 17.4. The van der Waals surface area contributed by atoms with Gasteiger partial charge in [-0.05, 0) is 66.6 Å². The number of thiazole rings is 1. The molecule has 0 saturated heterocycles. The molecule has 0 unspecified atom stereocenters. The van der Waals surface area contributed by atoms with Crippen LogP contribution in [0.4, 0.5) is 5.13 Å². The molecule has 174 valence electrons. The second-order valence-electron chi connectivity index (χ2n) is 7.53. The van der Waals surface area contributed by atoms with Crippen molar-refractivity contribution in [2.24, 2.45) is 5.10 Å². The lowest BCUT2D eigenvalue weighted by molar-refractivity contribution is 0.247. The van der Waals surface area contributed by atoms with E-state index in [1.807, 2.05) is 91.2 Å². The lowest BCUT2D eigenvalue weighted by Gasteiger charge is -2.10. The Morgan fingerprint density at radius 1 is 0.824 bits per heavy atom. The van der Waals surface area contributed by atoms with Gasteiger partial charge in [0.1, 0.15) is 23.9 Å². The highest BCUT2D eigenvalue weighted by Crippen LogP contribution is 2.19. The fraction of sp³-hybridized carbons (Fsp3) is 0.185. The number of nitrogens with zero attached hydrogens (tertiary/aromatic N) is 2. The maximum absolute atomic E-state index is 5.80. The predicted octanol–water partition coefficient (Wildman–Crippen LogP) is 6.32. The lowest BCUT2D eigenvalue weighted by Crippen LogP contribution is -2.05. The number of nitrogens with one attached hydrogen (secondary N) is 1. The van der Waals surface area contributed by atoms with Crippen molar-refractivity contribution in [2.75, 3.05) is 18.6 Å². The molecule has 0 atom stereocenters. The number of ether oxygens (including phenoxy) is 3. The van der Waals surface area contributed by atoms with Crippen molar-refractivity contribution in [2.45, 2.75) is 20.0 Å².